The summed E-state index contributed by atoms with van der Waals surface area (Å²) in [6, 6.07) is 4.27. The number of aliphatic carboxylic acids is 1. The quantitative estimate of drug-likeness (QED) is 0.853. The Balaban J connectivity index is 2.71. The van der Waals surface area contributed by atoms with Crippen molar-refractivity contribution in [2.24, 2.45) is 0 Å². The van der Waals surface area contributed by atoms with Gasteiger partial charge in [0.2, 0.25) is 5.91 Å². The van der Waals surface area contributed by atoms with Crippen molar-refractivity contribution in [1.82, 2.24) is 0 Å². The monoisotopic (exact) mass is 264 g/mol. The van der Waals surface area contributed by atoms with E-state index in [2.05, 4.69) is 5.32 Å². The smallest absolute Gasteiger partial charge is 0.303 e. The average molecular weight is 264 g/mol. The number of carbonyl (C=O) groups excluding carboxylic acids is 1. The molecule has 5 nitrogen and oxygen atoms in total. The number of nitriles is 1. The Morgan fingerprint density at radius 3 is 2.68 bits per heavy atom. The molecule has 2 N–H and O–H groups in total. The molecule has 1 rings (SSSR count). The molecule has 100 valence electrons. The molecule has 1 aromatic rings. The van der Waals surface area contributed by atoms with Gasteiger partial charge in [-0.1, -0.05) is 0 Å². The van der Waals surface area contributed by atoms with Crippen LogP contribution in [0.15, 0.2) is 12.1 Å². The van der Waals surface area contributed by atoms with Crippen molar-refractivity contribution < 1.29 is 19.1 Å². The van der Waals surface area contributed by atoms with Crippen LogP contribution in [0.25, 0.3) is 0 Å². The fourth-order valence-electron chi connectivity index (χ4n) is 1.49. The molecule has 0 aliphatic rings. The van der Waals surface area contributed by atoms with Crippen molar-refractivity contribution in [3.63, 3.8) is 0 Å². The molecule has 0 unspecified atom stereocenters. The van der Waals surface area contributed by atoms with Crippen LogP contribution >= 0.6 is 0 Å². The number of hydrogen-bond donors (Lipinski definition) is 2. The number of benzene rings is 1. The fraction of sp³-hybridized carbons (Fsp3) is 0.308. The van der Waals surface area contributed by atoms with Crippen molar-refractivity contribution in [1.29, 1.82) is 5.26 Å². The van der Waals surface area contributed by atoms with Gasteiger partial charge in [0, 0.05) is 24.1 Å². The summed E-state index contributed by atoms with van der Waals surface area (Å²) in [6.07, 6.45) is 0.143. The summed E-state index contributed by atoms with van der Waals surface area (Å²) < 4.78 is 13.5. The fourth-order valence-corrected chi connectivity index (χ4v) is 1.49. The molecule has 19 heavy (non-hydrogen) atoms. The number of rotatable bonds is 5. The zero-order chi connectivity index (χ0) is 14.4. The minimum absolute atomic E-state index is 0.0319. The number of carboxylic acid groups (broad SMARTS) is 1. The SMILES string of the molecule is Cc1c(F)cc(C#N)cc1NC(=O)CCCC(=O)O. The summed E-state index contributed by atoms with van der Waals surface area (Å²) in [4.78, 5) is 21.9. The predicted octanol–water partition coefficient (Wildman–Crippen LogP) is 2.20. The summed E-state index contributed by atoms with van der Waals surface area (Å²) in [5.74, 6) is -1.94. The van der Waals surface area contributed by atoms with E-state index in [-0.39, 0.29) is 36.1 Å². The number of nitrogens with zero attached hydrogens (tertiary/aromatic N) is 1. The number of carbonyl (C=O) groups is 2. The van der Waals surface area contributed by atoms with E-state index in [1.54, 1.807) is 6.07 Å². The minimum Gasteiger partial charge on any atom is -0.481 e. The maximum atomic E-state index is 13.5. The van der Waals surface area contributed by atoms with Gasteiger partial charge < -0.3 is 10.4 Å². The van der Waals surface area contributed by atoms with E-state index in [0.717, 1.165) is 6.07 Å². The van der Waals surface area contributed by atoms with Crippen LogP contribution in [0.3, 0.4) is 0 Å². The molecular weight excluding hydrogens is 251 g/mol. The van der Waals surface area contributed by atoms with Gasteiger partial charge >= 0.3 is 5.97 Å². The van der Waals surface area contributed by atoms with Gasteiger partial charge in [0.25, 0.3) is 0 Å². The van der Waals surface area contributed by atoms with Crippen LogP contribution in [0, 0.1) is 24.1 Å². The molecule has 0 saturated heterocycles. The lowest BCUT2D eigenvalue weighted by Crippen LogP contribution is -2.13. The van der Waals surface area contributed by atoms with E-state index < -0.39 is 17.7 Å². The van der Waals surface area contributed by atoms with E-state index in [9.17, 15) is 14.0 Å². The van der Waals surface area contributed by atoms with E-state index in [1.807, 2.05) is 0 Å². The number of anilines is 1. The number of hydrogen-bond acceptors (Lipinski definition) is 3. The van der Waals surface area contributed by atoms with E-state index in [0.29, 0.717) is 0 Å². The average Bonchev–Trinajstić information content (AvgIpc) is 2.34. The van der Waals surface area contributed by atoms with Crippen molar-refractivity contribution >= 4 is 17.6 Å². The second-order valence-corrected chi connectivity index (χ2v) is 4.04. The van der Waals surface area contributed by atoms with Gasteiger partial charge in [0.05, 0.1) is 11.6 Å². The molecule has 1 amide bonds. The number of nitrogens with one attached hydrogen (secondary N) is 1. The lowest BCUT2D eigenvalue weighted by atomic mass is 10.1. The Kier molecular flexibility index (Phi) is 5.01. The zero-order valence-corrected chi connectivity index (χ0v) is 10.4. The van der Waals surface area contributed by atoms with Gasteiger partial charge in [0.15, 0.2) is 0 Å². The van der Waals surface area contributed by atoms with Crippen molar-refractivity contribution in [2.45, 2.75) is 26.2 Å². The molecule has 0 aliphatic carbocycles. The third kappa shape index (κ3) is 4.39. The van der Waals surface area contributed by atoms with Gasteiger partial charge in [0.1, 0.15) is 5.82 Å². The maximum Gasteiger partial charge on any atom is 0.303 e. The first-order chi connectivity index (χ1) is 8.93. The Labute approximate surface area is 109 Å². The van der Waals surface area contributed by atoms with Crippen LogP contribution in [0.5, 0.6) is 0 Å². The third-order valence-electron chi connectivity index (χ3n) is 2.54. The molecule has 0 bridgehead atoms. The van der Waals surface area contributed by atoms with E-state index in [1.165, 1.54) is 13.0 Å². The highest BCUT2D eigenvalue weighted by molar-refractivity contribution is 5.91. The Morgan fingerprint density at radius 1 is 1.42 bits per heavy atom. The molecule has 0 saturated carbocycles. The summed E-state index contributed by atoms with van der Waals surface area (Å²) in [5.41, 5.74) is 0.589. The zero-order valence-electron chi connectivity index (χ0n) is 10.4. The van der Waals surface area contributed by atoms with Crippen LogP contribution in [-0.4, -0.2) is 17.0 Å². The highest BCUT2D eigenvalue weighted by Gasteiger charge is 2.10. The van der Waals surface area contributed by atoms with Crippen LogP contribution in [0.2, 0.25) is 0 Å². The molecule has 0 spiro atoms. The first kappa shape index (κ1) is 14.6. The van der Waals surface area contributed by atoms with Crippen molar-refractivity contribution in [2.75, 3.05) is 5.32 Å². The van der Waals surface area contributed by atoms with Crippen LogP contribution in [-0.2, 0) is 9.59 Å². The molecular formula is C13H13FN2O3. The van der Waals surface area contributed by atoms with Gasteiger partial charge in [-0.15, -0.1) is 0 Å². The van der Waals surface area contributed by atoms with E-state index >= 15 is 0 Å². The molecule has 6 heteroatoms. The largest absolute Gasteiger partial charge is 0.481 e. The number of halogens is 1. The lowest BCUT2D eigenvalue weighted by Gasteiger charge is -2.09. The van der Waals surface area contributed by atoms with Crippen molar-refractivity contribution in [3.8, 4) is 6.07 Å². The number of carboxylic acids is 1. The van der Waals surface area contributed by atoms with Gasteiger partial charge in [-0.2, -0.15) is 5.26 Å². The lowest BCUT2D eigenvalue weighted by molar-refractivity contribution is -0.137. The first-order valence-corrected chi connectivity index (χ1v) is 5.66. The number of amides is 1. The van der Waals surface area contributed by atoms with Crippen molar-refractivity contribution in [3.05, 3.63) is 29.1 Å². The molecule has 0 radical (unpaired) electrons. The molecule has 0 aromatic heterocycles. The first-order valence-electron chi connectivity index (χ1n) is 5.66. The Bertz CT molecular complexity index is 550. The highest BCUT2D eigenvalue weighted by Crippen LogP contribution is 2.20. The van der Waals surface area contributed by atoms with E-state index in [4.69, 9.17) is 10.4 Å². The summed E-state index contributed by atoms with van der Waals surface area (Å²) in [5, 5.41) is 19.6. The minimum atomic E-state index is -0.971. The standard InChI is InChI=1S/C13H13FN2O3/c1-8-10(14)5-9(7-15)6-11(8)16-12(17)3-2-4-13(18)19/h5-6H,2-4H2,1H3,(H,16,17)(H,18,19). The van der Waals surface area contributed by atoms with Gasteiger partial charge in [-0.05, 0) is 25.5 Å². The molecule has 0 atom stereocenters. The highest BCUT2D eigenvalue weighted by atomic mass is 19.1. The second-order valence-electron chi connectivity index (χ2n) is 4.04. The summed E-state index contributed by atoms with van der Waals surface area (Å²) >= 11 is 0. The van der Waals surface area contributed by atoms with Gasteiger partial charge in [-0.25, -0.2) is 4.39 Å². The van der Waals surface area contributed by atoms with Gasteiger partial charge in [-0.3, -0.25) is 9.59 Å². The summed E-state index contributed by atoms with van der Waals surface area (Å²) in [6.45, 7) is 1.49. The second kappa shape index (κ2) is 6.50. The predicted molar refractivity (Wildman–Crippen MR) is 66.0 cm³/mol. The Morgan fingerprint density at radius 2 is 2.11 bits per heavy atom. The van der Waals surface area contributed by atoms with Crippen LogP contribution < -0.4 is 5.32 Å². The molecule has 0 fully saturated rings. The molecule has 0 heterocycles. The normalized spacial score (nSPS) is 9.74. The van der Waals surface area contributed by atoms with Crippen LogP contribution in [0.1, 0.15) is 30.4 Å². The summed E-state index contributed by atoms with van der Waals surface area (Å²) in [7, 11) is 0. The molecule has 1 aromatic carbocycles. The third-order valence-corrected chi connectivity index (χ3v) is 2.54. The topological polar surface area (TPSA) is 90.2 Å². The van der Waals surface area contributed by atoms with Crippen LogP contribution in [0.4, 0.5) is 10.1 Å². The maximum absolute atomic E-state index is 13.5. The molecule has 0 aliphatic heterocycles. The Hall–Kier alpha value is -2.42.